The van der Waals surface area contributed by atoms with Crippen LogP contribution < -0.4 is 5.32 Å². The number of benzene rings is 1. The number of anilines is 1. The monoisotopic (exact) mass is 304 g/mol. The van der Waals surface area contributed by atoms with Crippen LogP contribution in [0.2, 0.25) is 4.34 Å². The largest absolute Gasteiger partial charge is 0.384 e. The van der Waals surface area contributed by atoms with Crippen molar-refractivity contribution in [3.05, 3.63) is 50.7 Å². The summed E-state index contributed by atoms with van der Waals surface area (Å²) in [5.74, 6) is -0.0115. The fourth-order valence-electron chi connectivity index (χ4n) is 1.81. The van der Waals surface area contributed by atoms with E-state index in [1.54, 1.807) is 29.5 Å². The molecule has 3 nitrogen and oxygen atoms in total. The SMILES string of the molecule is CC(=O)c1ccc(C#N)c(NCCc2ccc(Cl)s2)c1. The predicted octanol–water partition coefficient (Wildman–Crippen LogP) is 4.13. The number of halogens is 1. The molecule has 5 heteroatoms. The zero-order valence-electron chi connectivity index (χ0n) is 10.9. The number of rotatable bonds is 5. The lowest BCUT2D eigenvalue weighted by atomic mass is 10.1. The Kier molecular flexibility index (Phi) is 4.78. The number of nitrogens with zero attached hydrogens (tertiary/aromatic N) is 1. The Bertz CT molecular complexity index is 673. The Morgan fingerprint density at radius 2 is 2.20 bits per heavy atom. The molecule has 2 rings (SSSR count). The zero-order chi connectivity index (χ0) is 14.5. The van der Waals surface area contributed by atoms with Crippen molar-refractivity contribution in [2.75, 3.05) is 11.9 Å². The van der Waals surface area contributed by atoms with Crippen LogP contribution in [0.5, 0.6) is 0 Å². The second-order valence-corrected chi connectivity index (χ2v) is 6.11. The number of ketones is 1. The van der Waals surface area contributed by atoms with Gasteiger partial charge in [-0.25, -0.2) is 0 Å². The van der Waals surface area contributed by atoms with Gasteiger partial charge in [0, 0.05) is 17.0 Å². The topological polar surface area (TPSA) is 52.9 Å². The summed E-state index contributed by atoms with van der Waals surface area (Å²) in [6.45, 7) is 2.20. The van der Waals surface area contributed by atoms with Gasteiger partial charge in [0.2, 0.25) is 0 Å². The van der Waals surface area contributed by atoms with Gasteiger partial charge in [-0.3, -0.25) is 4.79 Å². The van der Waals surface area contributed by atoms with E-state index in [0.717, 1.165) is 10.8 Å². The average molecular weight is 305 g/mol. The maximum atomic E-state index is 11.4. The molecule has 0 saturated carbocycles. The van der Waals surface area contributed by atoms with Crippen LogP contribution in [0.25, 0.3) is 0 Å². The van der Waals surface area contributed by atoms with Crippen molar-refractivity contribution < 1.29 is 4.79 Å². The highest BCUT2D eigenvalue weighted by molar-refractivity contribution is 7.16. The van der Waals surface area contributed by atoms with Crippen molar-refractivity contribution in [1.29, 1.82) is 5.26 Å². The molecule has 0 saturated heterocycles. The smallest absolute Gasteiger partial charge is 0.159 e. The Labute approximate surface area is 126 Å². The first-order valence-corrected chi connectivity index (χ1v) is 7.33. The second kappa shape index (κ2) is 6.56. The van der Waals surface area contributed by atoms with Crippen LogP contribution >= 0.6 is 22.9 Å². The van der Waals surface area contributed by atoms with Crippen molar-refractivity contribution in [2.45, 2.75) is 13.3 Å². The number of thiophene rings is 1. The van der Waals surface area contributed by atoms with Gasteiger partial charge in [-0.05, 0) is 43.7 Å². The minimum atomic E-state index is -0.0115. The maximum Gasteiger partial charge on any atom is 0.159 e. The molecule has 1 aromatic heterocycles. The van der Waals surface area contributed by atoms with Gasteiger partial charge in [-0.2, -0.15) is 5.26 Å². The number of carbonyl (C=O) groups is 1. The first-order chi connectivity index (χ1) is 9.60. The van der Waals surface area contributed by atoms with Crippen LogP contribution in [0.3, 0.4) is 0 Å². The number of hydrogen-bond acceptors (Lipinski definition) is 4. The third kappa shape index (κ3) is 3.60. The fourth-order valence-corrected chi connectivity index (χ4v) is 2.90. The molecule has 0 aliphatic carbocycles. The van der Waals surface area contributed by atoms with Crippen molar-refractivity contribution in [3.8, 4) is 6.07 Å². The quantitative estimate of drug-likeness (QED) is 0.845. The van der Waals surface area contributed by atoms with Gasteiger partial charge in [0.15, 0.2) is 5.78 Å². The zero-order valence-corrected chi connectivity index (χ0v) is 12.5. The lowest BCUT2D eigenvalue weighted by Crippen LogP contribution is -2.06. The first-order valence-electron chi connectivity index (χ1n) is 6.13. The molecule has 0 amide bonds. The van der Waals surface area contributed by atoms with Crippen molar-refractivity contribution in [2.24, 2.45) is 0 Å². The highest BCUT2D eigenvalue weighted by atomic mass is 35.5. The van der Waals surface area contributed by atoms with E-state index in [4.69, 9.17) is 16.9 Å². The number of Topliss-reactive ketones (excluding diaryl/α,β-unsaturated/α-hetero) is 1. The number of nitrogens with one attached hydrogen (secondary N) is 1. The van der Waals surface area contributed by atoms with Crippen LogP contribution in [0, 0.1) is 11.3 Å². The molecule has 2 aromatic rings. The Morgan fingerprint density at radius 1 is 1.40 bits per heavy atom. The molecule has 1 aromatic carbocycles. The summed E-state index contributed by atoms with van der Waals surface area (Å²) in [5.41, 5.74) is 1.84. The van der Waals surface area contributed by atoms with Crippen molar-refractivity contribution in [3.63, 3.8) is 0 Å². The van der Waals surface area contributed by atoms with E-state index in [-0.39, 0.29) is 5.78 Å². The summed E-state index contributed by atoms with van der Waals surface area (Å²) in [6, 6.07) is 11.1. The molecule has 102 valence electrons. The summed E-state index contributed by atoms with van der Waals surface area (Å²) in [7, 11) is 0. The highest BCUT2D eigenvalue weighted by Gasteiger charge is 2.06. The van der Waals surface area contributed by atoms with E-state index in [0.29, 0.717) is 23.4 Å². The molecule has 0 unspecified atom stereocenters. The van der Waals surface area contributed by atoms with E-state index >= 15 is 0 Å². The first kappa shape index (κ1) is 14.6. The molecule has 0 spiro atoms. The van der Waals surface area contributed by atoms with Gasteiger partial charge in [0.25, 0.3) is 0 Å². The number of carbonyl (C=O) groups excluding carboxylic acids is 1. The van der Waals surface area contributed by atoms with Crippen LogP contribution in [-0.2, 0) is 6.42 Å². The minimum Gasteiger partial charge on any atom is -0.384 e. The highest BCUT2D eigenvalue weighted by Crippen LogP contribution is 2.22. The standard InChI is InChI=1S/C15H13ClN2OS/c1-10(19)11-2-3-12(9-17)14(8-11)18-7-6-13-4-5-15(16)20-13/h2-5,8,18H,6-7H2,1H3. The Hall–Kier alpha value is -1.83. The van der Waals surface area contributed by atoms with Gasteiger partial charge in [-0.15, -0.1) is 11.3 Å². The Morgan fingerprint density at radius 3 is 2.80 bits per heavy atom. The van der Waals surface area contributed by atoms with Gasteiger partial charge < -0.3 is 5.32 Å². The van der Waals surface area contributed by atoms with Crippen LogP contribution in [0.15, 0.2) is 30.3 Å². The predicted molar refractivity (Wildman–Crippen MR) is 82.7 cm³/mol. The van der Waals surface area contributed by atoms with Crippen LogP contribution in [0.4, 0.5) is 5.69 Å². The van der Waals surface area contributed by atoms with E-state index < -0.39 is 0 Å². The molecular weight excluding hydrogens is 292 g/mol. The van der Waals surface area contributed by atoms with Gasteiger partial charge in [0.1, 0.15) is 6.07 Å². The molecular formula is C15H13ClN2OS. The average Bonchev–Trinajstić information content (AvgIpc) is 2.84. The minimum absolute atomic E-state index is 0.0115. The summed E-state index contributed by atoms with van der Waals surface area (Å²) in [6.07, 6.45) is 0.826. The van der Waals surface area contributed by atoms with Gasteiger partial charge in [0.05, 0.1) is 15.6 Å². The van der Waals surface area contributed by atoms with E-state index in [2.05, 4.69) is 11.4 Å². The molecule has 0 bridgehead atoms. The van der Waals surface area contributed by atoms with E-state index in [9.17, 15) is 4.79 Å². The lowest BCUT2D eigenvalue weighted by molar-refractivity contribution is 0.101. The lowest BCUT2D eigenvalue weighted by Gasteiger charge is -2.08. The number of nitriles is 1. The van der Waals surface area contributed by atoms with Crippen molar-refractivity contribution >= 4 is 34.4 Å². The van der Waals surface area contributed by atoms with E-state index in [1.807, 2.05) is 12.1 Å². The molecule has 0 atom stereocenters. The normalized spacial score (nSPS) is 10.1. The molecule has 0 aliphatic rings. The Balaban J connectivity index is 2.06. The molecule has 0 aliphatic heterocycles. The van der Waals surface area contributed by atoms with Crippen molar-refractivity contribution in [1.82, 2.24) is 0 Å². The summed E-state index contributed by atoms with van der Waals surface area (Å²) in [4.78, 5) is 12.6. The molecule has 0 fully saturated rings. The summed E-state index contributed by atoms with van der Waals surface area (Å²) < 4.78 is 0.774. The fraction of sp³-hybridized carbons (Fsp3) is 0.200. The molecule has 1 heterocycles. The van der Waals surface area contributed by atoms with E-state index in [1.165, 1.54) is 11.8 Å². The maximum absolute atomic E-state index is 11.4. The number of hydrogen-bond donors (Lipinski definition) is 1. The van der Waals surface area contributed by atoms with Crippen LogP contribution in [0.1, 0.15) is 27.7 Å². The molecule has 1 N–H and O–H groups in total. The van der Waals surface area contributed by atoms with Gasteiger partial charge >= 0.3 is 0 Å². The van der Waals surface area contributed by atoms with Gasteiger partial charge in [-0.1, -0.05) is 11.6 Å². The second-order valence-electron chi connectivity index (χ2n) is 4.31. The molecule has 0 radical (unpaired) electrons. The van der Waals surface area contributed by atoms with Crippen LogP contribution in [-0.4, -0.2) is 12.3 Å². The third-order valence-corrected chi connectivity index (χ3v) is 4.15. The third-order valence-electron chi connectivity index (χ3n) is 2.86. The summed E-state index contributed by atoms with van der Waals surface area (Å²) in [5, 5.41) is 12.3. The summed E-state index contributed by atoms with van der Waals surface area (Å²) >= 11 is 7.42. The molecule has 20 heavy (non-hydrogen) atoms.